The fourth-order valence-electron chi connectivity index (χ4n) is 4.70. The van der Waals surface area contributed by atoms with E-state index in [1.807, 2.05) is 0 Å². The Kier molecular flexibility index (Phi) is 6.94. The molecule has 0 N–H and O–H groups in total. The molecule has 2 heterocycles. The minimum absolute atomic E-state index is 0.00757. The van der Waals surface area contributed by atoms with E-state index in [4.69, 9.17) is 33.2 Å². The Morgan fingerprint density at radius 1 is 0.811 bits per heavy atom. The van der Waals surface area contributed by atoms with Crippen LogP contribution in [0.3, 0.4) is 0 Å². The molecule has 3 aromatic rings. The lowest BCUT2D eigenvalue weighted by molar-refractivity contribution is 0.0552. The first-order valence-corrected chi connectivity index (χ1v) is 12.2. The molecule has 0 amide bonds. The third kappa shape index (κ3) is 4.34. The van der Waals surface area contributed by atoms with E-state index in [0.29, 0.717) is 51.5 Å². The molecule has 9 nitrogen and oxygen atoms in total. The van der Waals surface area contributed by atoms with Gasteiger partial charge in [-0.2, -0.15) is 0 Å². The highest BCUT2D eigenvalue weighted by Gasteiger charge is 2.34. The Morgan fingerprint density at radius 3 is 2.30 bits per heavy atom. The highest BCUT2D eigenvalue weighted by atomic mass is 16.7. The van der Waals surface area contributed by atoms with E-state index in [-0.39, 0.29) is 30.5 Å². The van der Waals surface area contributed by atoms with E-state index in [1.165, 1.54) is 14.2 Å². The Labute approximate surface area is 214 Å². The van der Waals surface area contributed by atoms with Crippen LogP contribution in [0.15, 0.2) is 30.3 Å². The van der Waals surface area contributed by atoms with Crippen molar-refractivity contribution in [3.05, 3.63) is 41.5 Å². The van der Waals surface area contributed by atoms with Gasteiger partial charge in [-0.25, -0.2) is 9.59 Å². The third-order valence-corrected chi connectivity index (χ3v) is 6.45. The molecular weight excluding hydrogens is 480 g/mol. The van der Waals surface area contributed by atoms with Gasteiger partial charge in [0.05, 0.1) is 26.4 Å². The molecule has 0 fully saturated rings. The summed E-state index contributed by atoms with van der Waals surface area (Å²) in [6.45, 7) is 2.60. The van der Waals surface area contributed by atoms with Crippen LogP contribution in [-0.2, 0) is 9.47 Å². The van der Waals surface area contributed by atoms with Crippen LogP contribution >= 0.6 is 0 Å². The summed E-state index contributed by atoms with van der Waals surface area (Å²) in [5.74, 6) is 0.863. The van der Waals surface area contributed by atoms with Crippen molar-refractivity contribution in [2.45, 2.75) is 32.6 Å². The molecule has 0 spiro atoms. The number of hydrogen-bond donors (Lipinski definition) is 0. The third-order valence-electron chi connectivity index (χ3n) is 6.45. The molecule has 0 aromatic heterocycles. The predicted molar refractivity (Wildman–Crippen MR) is 134 cm³/mol. The van der Waals surface area contributed by atoms with Gasteiger partial charge in [0.25, 0.3) is 0 Å². The van der Waals surface area contributed by atoms with Crippen LogP contribution in [0.5, 0.6) is 28.7 Å². The highest BCUT2D eigenvalue weighted by molar-refractivity contribution is 6.20. The maximum absolute atomic E-state index is 13.4. The molecule has 0 atom stereocenters. The van der Waals surface area contributed by atoms with Crippen LogP contribution < -0.4 is 23.7 Å². The lowest BCUT2D eigenvalue weighted by Crippen LogP contribution is -2.17. The van der Waals surface area contributed by atoms with Gasteiger partial charge < -0.3 is 33.2 Å². The van der Waals surface area contributed by atoms with Crippen LogP contribution in [-0.4, -0.2) is 46.4 Å². The second-order valence-electron chi connectivity index (χ2n) is 8.64. The van der Waals surface area contributed by atoms with Gasteiger partial charge in [0.2, 0.25) is 13.6 Å². The van der Waals surface area contributed by atoms with E-state index in [9.17, 15) is 9.59 Å². The molecule has 0 unspecified atom stereocenters. The van der Waals surface area contributed by atoms with Crippen LogP contribution in [0.4, 0.5) is 0 Å². The summed E-state index contributed by atoms with van der Waals surface area (Å²) < 4.78 is 39.1. The van der Waals surface area contributed by atoms with Gasteiger partial charge in [0, 0.05) is 16.3 Å². The number of esters is 2. The Morgan fingerprint density at radius 2 is 1.51 bits per heavy atom. The lowest BCUT2D eigenvalue weighted by Gasteiger charge is -2.21. The summed E-state index contributed by atoms with van der Waals surface area (Å²) >= 11 is 0. The number of methoxy groups -OCH3 is 2. The summed E-state index contributed by atoms with van der Waals surface area (Å²) in [6.07, 6.45) is 3.92. The zero-order valence-electron chi connectivity index (χ0n) is 21.0. The standard InChI is InChI=1S/C28H28O9/c1-4-5-6-7-12-33-25-17-9-11-19-26(37-15-35-19)22(17)21(16-8-10-18-20(13-16)36-14-34-18)23(27(29)31-2)24(25)28(30)32-3/h8-11,13H,4-7,12,14-15H2,1-3H3. The number of hydrogen-bond acceptors (Lipinski definition) is 9. The zero-order chi connectivity index (χ0) is 25.9. The predicted octanol–water partition coefficient (Wildman–Crippen LogP) is 5.50. The van der Waals surface area contributed by atoms with Crippen molar-refractivity contribution in [3.63, 3.8) is 0 Å². The minimum atomic E-state index is -0.720. The maximum atomic E-state index is 13.4. The number of unbranched alkanes of at least 4 members (excludes halogenated alkanes) is 3. The quantitative estimate of drug-likeness (QED) is 0.274. The first kappa shape index (κ1) is 24.5. The average Bonchev–Trinajstić information content (AvgIpc) is 3.60. The largest absolute Gasteiger partial charge is 0.492 e. The lowest BCUT2D eigenvalue weighted by atomic mass is 9.87. The molecule has 0 aliphatic carbocycles. The molecule has 0 saturated carbocycles. The monoisotopic (exact) mass is 508 g/mol. The van der Waals surface area contributed by atoms with Gasteiger partial charge in [-0.15, -0.1) is 0 Å². The Bertz CT molecular complexity index is 1360. The first-order valence-electron chi connectivity index (χ1n) is 12.2. The van der Waals surface area contributed by atoms with Gasteiger partial charge in [-0.1, -0.05) is 32.3 Å². The molecule has 9 heteroatoms. The molecule has 0 saturated heterocycles. The molecular formula is C28H28O9. The van der Waals surface area contributed by atoms with Crippen LogP contribution in [0, 0.1) is 0 Å². The van der Waals surface area contributed by atoms with E-state index in [2.05, 4.69) is 6.92 Å². The molecule has 0 radical (unpaired) electrons. The van der Waals surface area contributed by atoms with E-state index in [0.717, 1.165) is 25.7 Å². The molecule has 37 heavy (non-hydrogen) atoms. The second-order valence-corrected chi connectivity index (χ2v) is 8.64. The van der Waals surface area contributed by atoms with Crippen molar-refractivity contribution < 1.29 is 42.7 Å². The summed E-state index contributed by atoms with van der Waals surface area (Å²) in [5, 5.41) is 1.14. The van der Waals surface area contributed by atoms with Crippen molar-refractivity contribution in [2.24, 2.45) is 0 Å². The number of ether oxygens (including phenoxy) is 7. The van der Waals surface area contributed by atoms with Gasteiger partial charge in [0.1, 0.15) is 11.3 Å². The number of carbonyl (C=O) groups excluding carboxylic acids is 2. The van der Waals surface area contributed by atoms with E-state index >= 15 is 0 Å². The Hall–Kier alpha value is -4.14. The van der Waals surface area contributed by atoms with Gasteiger partial charge >= 0.3 is 11.9 Å². The van der Waals surface area contributed by atoms with E-state index in [1.54, 1.807) is 30.3 Å². The summed E-state index contributed by atoms with van der Waals surface area (Å²) in [5.41, 5.74) is 1.01. The zero-order valence-corrected chi connectivity index (χ0v) is 21.0. The van der Waals surface area contributed by atoms with Crippen LogP contribution in [0.25, 0.3) is 21.9 Å². The van der Waals surface area contributed by atoms with Crippen molar-refractivity contribution in [2.75, 3.05) is 34.4 Å². The van der Waals surface area contributed by atoms with Gasteiger partial charge in [-0.3, -0.25) is 0 Å². The average molecular weight is 509 g/mol. The van der Waals surface area contributed by atoms with Gasteiger partial charge in [-0.05, 0) is 36.2 Å². The SMILES string of the molecule is CCCCCCOc1c(C(=O)OC)c(C(=O)OC)c(-c2ccc3c(c2)OCO3)c2c3c(ccc12)OCO3. The van der Waals surface area contributed by atoms with Crippen molar-refractivity contribution in [1.29, 1.82) is 0 Å². The second kappa shape index (κ2) is 10.5. The number of benzene rings is 3. The van der Waals surface area contributed by atoms with Crippen molar-refractivity contribution in [1.82, 2.24) is 0 Å². The fraction of sp³-hybridized carbons (Fsp3) is 0.357. The summed E-state index contributed by atoms with van der Waals surface area (Å²) in [4.78, 5) is 26.6. The minimum Gasteiger partial charge on any atom is -0.492 e. The first-order chi connectivity index (χ1) is 18.1. The van der Waals surface area contributed by atoms with Crippen LogP contribution in [0.1, 0.15) is 53.3 Å². The van der Waals surface area contributed by atoms with Crippen molar-refractivity contribution in [3.8, 4) is 39.9 Å². The topological polar surface area (TPSA) is 98.8 Å². The summed E-state index contributed by atoms with van der Waals surface area (Å²) in [7, 11) is 2.52. The normalized spacial score (nSPS) is 13.1. The molecule has 2 aliphatic rings. The number of carbonyl (C=O) groups is 2. The van der Waals surface area contributed by atoms with E-state index < -0.39 is 11.9 Å². The molecule has 3 aromatic carbocycles. The van der Waals surface area contributed by atoms with Crippen molar-refractivity contribution >= 4 is 22.7 Å². The molecule has 2 aliphatic heterocycles. The molecule has 0 bridgehead atoms. The number of rotatable bonds is 9. The van der Waals surface area contributed by atoms with Crippen LogP contribution in [0.2, 0.25) is 0 Å². The highest BCUT2D eigenvalue weighted by Crippen LogP contribution is 2.51. The smallest absolute Gasteiger partial charge is 0.342 e. The molecule has 5 rings (SSSR count). The summed E-state index contributed by atoms with van der Waals surface area (Å²) in [6, 6.07) is 8.85. The number of fused-ring (bicyclic) bond motifs is 4. The molecule has 194 valence electrons. The fourth-order valence-corrected chi connectivity index (χ4v) is 4.70. The Balaban J connectivity index is 1.83. The maximum Gasteiger partial charge on any atom is 0.342 e. The van der Waals surface area contributed by atoms with Gasteiger partial charge in [0.15, 0.2) is 23.0 Å².